The minimum absolute atomic E-state index is 0.248. The minimum Gasteiger partial charge on any atom is -0.269 e. The summed E-state index contributed by atoms with van der Waals surface area (Å²) in [6, 6.07) is 8.94. The van der Waals surface area contributed by atoms with Crippen LogP contribution < -0.4 is 4.31 Å². The maximum atomic E-state index is 13.1. The molecule has 1 aromatic heterocycles. The van der Waals surface area contributed by atoms with Gasteiger partial charge in [-0.2, -0.15) is 5.26 Å². The fourth-order valence-electron chi connectivity index (χ4n) is 1.60. The SMILES string of the molecule is CN(c1cccc(C#N)c1)S(=O)(=O)c1cncc(F)c1. The van der Waals surface area contributed by atoms with Crippen molar-refractivity contribution in [3.05, 3.63) is 54.1 Å². The molecular formula is C13H10FN3O2S. The lowest BCUT2D eigenvalue weighted by Crippen LogP contribution is -2.26. The van der Waals surface area contributed by atoms with Crippen LogP contribution in [0.4, 0.5) is 10.1 Å². The van der Waals surface area contributed by atoms with Gasteiger partial charge in [-0.3, -0.25) is 9.29 Å². The summed E-state index contributed by atoms with van der Waals surface area (Å²) in [4.78, 5) is 3.28. The van der Waals surface area contributed by atoms with Crippen LogP contribution >= 0.6 is 0 Å². The normalized spacial score (nSPS) is 10.8. The third-order valence-corrected chi connectivity index (χ3v) is 4.43. The second-order valence-corrected chi connectivity index (χ2v) is 5.94. The molecule has 7 heteroatoms. The Morgan fingerprint density at radius 3 is 2.70 bits per heavy atom. The van der Waals surface area contributed by atoms with Gasteiger partial charge in [-0.15, -0.1) is 0 Å². The van der Waals surface area contributed by atoms with Gasteiger partial charge in [0.15, 0.2) is 0 Å². The molecule has 0 atom stereocenters. The number of benzene rings is 1. The fourth-order valence-corrected chi connectivity index (χ4v) is 2.76. The summed E-state index contributed by atoms with van der Waals surface area (Å²) in [5, 5.41) is 8.82. The van der Waals surface area contributed by atoms with Gasteiger partial charge < -0.3 is 0 Å². The largest absolute Gasteiger partial charge is 0.269 e. The van der Waals surface area contributed by atoms with Crippen LogP contribution in [-0.2, 0) is 10.0 Å². The smallest absolute Gasteiger partial charge is 0.265 e. The summed E-state index contributed by atoms with van der Waals surface area (Å²) >= 11 is 0. The number of hydrogen-bond donors (Lipinski definition) is 0. The quantitative estimate of drug-likeness (QED) is 0.866. The predicted molar refractivity (Wildman–Crippen MR) is 70.9 cm³/mol. The van der Waals surface area contributed by atoms with E-state index in [0.717, 1.165) is 22.8 Å². The molecule has 0 unspecified atom stereocenters. The lowest BCUT2D eigenvalue weighted by atomic mass is 10.2. The Kier molecular flexibility index (Phi) is 3.68. The van der Waals surface area contributed by atoms with Crippen molar-refractivity contribution in [2.45, 2.75) is 4.90 Å². The third-order valence-electron chi connectivity index (χ3n) is 2.68. The van der Waals surface area contributed by atoms with Crippen LogP contribution in [0.1, 0.15) is 5.56 Å². The molecule has 0 amide bonds. The van der Waals surface area contributed by atoms with E-state index >= 15 is 0 Å². The van der Waals surface area contributed by atoms with Gasteiger partial charge in [0.05, 0.1) is 23.5 Å². The van der Waals surface area contributed by atoms with Crippen molar-refractivity contribution in [3.63, 3.8) is 0 Å². The maximum Gasteiger partial charge on any atom is 0.265 e. The summed E-state index contributed by atoms with van der Waals surface area (Å²) in [5.74, 6) is -0.731. The molecule has 0 aliphatic rings. The molecule has 1 aromatic carbocycles. The maximum absolute atomic E-state index is 13.1. The number of aromatic nitrogens is 1. The molecule has 0 aliphatic heterocycles. The first kappa shape index (κ1) is 14.0. The Morgan fingerprint density at radius 1 is 1.30 bits per heavy atom. The van der Waals surface area contributed by atoms with Gasteiger partial charge in [0.1, 0.15) is 10.7 Å². The summed E-state index contributed by atoms with van der Waals surface area (Å²) in [5.41, 5.74) is 0.648. The molecule has 0 aliphatic carbocycles. The molecule has 5 nitrogen and oxygen atoms in total. The second kappa shape index (κ2) is 5.27. The summed E-state index contributed by atoms with van der Waals surface area (Å²) in [6.07, 6.45) is 2.00. The van der Waals surface area contributed by atoms with E-state index in [4.69, 9.17) is 5.26 Å². The molecular weight excluding hydrogens is 281 g/mol. The van der Waals surface area contributed by atoms with Gasteiger partial charge in [0, 0.05) is 13.2 Å². The zero-order valence-electron chi connectivity index (χ0n) is 10.5. The van der Waals surface area contributed by atoms with Gasteiger partial charge in [-0.1, -0.05) is 6.07 Å². The number of halogens is 1. The fraction of sp³-hybridized carbons (Fsp3) is 0.0769. The lowest BCUT2D eigenvalue weighted by Gasteiger charge is -2.19. The van der Waals surface area contributed by atoms with Crippen LogP contribution in [0, 0.1) is 17.1 Å². The van der Waals surface area contributed by atoms with Crippen LogP contribution in [0.5, 0.6) is 0 Å². The summed E-state index contributed by atoms with van der Waals surface area (Å²) in [7, 11) is -2.59. The van der Waals surface area contributed by atoms with E-state index in [1.54, 1.807) is 18.2 Å². The molecule has 0 saturated heterocycles. The van der Waals surface area contributed by atoms with Crippen molar-refractivity contribution < 1.29 is 12.8 Å². The predicted octanol–water partition coefficient (Wildman–Crippen LogP) is 1.92. The topological polar surface area (TPSA) is 74.1 Å². The van der Waals surface area contributed by atoms with E-state index in [-0.39, 0.29) is 4.90 Å². The highest BCUT2D eigenvalue weighted by Gasteiger charge is 2.22. The molecule has 0 radical (unpaired) electrons. The van der Waals surface area contributed by atoms with Crippen molar-refractivity contribution in [3.8, 4) is 6.07 Å². The number of anilines is 1. The zero-order chi connectivity index (χ0) is 14.8. The number of sulfonamides is 1. The Bertz CT molecular complexity index is 784. The van der Waals surface area contributed by atoms with E-state index in [1.165, 1.54) is 13.1 Å². The van der Waals surface area contributed by atoms with E-state index < -0.39 is 15.8 Å². The molecule has 20 heavy (non-hydrogen) atoms. The van der Waals surface area contributed by atoms with Crippen molar-refractivity contribution in [2.75, 3.05) is 11.4 Å². The molecule has 102 valence electrons. The van der Waals surface area contributed by atoms with E-state index in [2.05, 4.69) is 4.98 Å². The highest BCUT2D eigenvalue weighted by Crippen LogP contribution is 2.22. The standard InChI is InChI=1S/C13H10FN3O2S/c1-17(12-4-2-3-10(5-12)7-15)20(18,19)13-6-11(14)8-16-9-13/h2-6,8-9H,1H3. The Balaban J connectivity index is 2.46. The highest BCUT2D eigenvalue weighted by atomic mass is 32.2. The molecule has 0 spiro atoms. The third kappa shape index (κ3) is 2.60. The van der Waals surface area contributed by atoms with Gasteiger partial charge in [-0.05, 0) is 24.3 Å². The molecule has 0 N–H and O–H groups in total. The first-order valence-corrected chi connectivity index (χ1v) is 6.99. The molecule has 0 saturated carbocycles. The van der Waals surface area contributed by atoms with E-state index in [0.29, 0.717) is 11.3 Å². The highest BCUT2D eigenvalue weighted by molar-refractivity contribution is 7.92. The van der Waals surface area contributed by atoms with Crippen LogP contribution in [-0.4, -0.2) is 20.4 Å². The summed E-state index contributed by atoms with van der Waals surface area (Å²) in [6.45, 7) is 0. The van der Waals surface area contributed by atoms with Crippen molar-refractivity contribution in [1.82, 2.24) is 4.98 Å². The van der Waals surface area contributed by atoms with Crippen LogP contribution in [0.15, 0.2) is 47.6 Å². The van der Waals surface area contributed by atoms with Crippen molar-refractivity contribution in [2.24, 2.45) is 0 Å². The van der Waals surface area contributed by atoms with Gasteiger partial charge in [0.25, 0.3) is 10.0 Å². The Morgan fingerprint density at radius 2 is 2.05 bits per heavy atom. The number of pyridine rings is 1. The first-order chi connectivity index (χ1) is 9.45. The Hall–Kier alpha value is -2.46. The van der Waals surface area contributed by atoms with E-state index in [1.807, 2.05) is 6.07 Å². The number of nitrogens with zero attached hydrogens (tertiary/aromatic N) is 3. The van der Waals surface area contributed by atoms with E-state index in [9.17, 15) is 12.8 Å². The number of nitriles is 1. The van der Waals surface area contributed by atoms with Crippen LogP contribution in [0.2, 0.25) is 0 Å². The van der Waals surface area contributed by atoms with Crippen LogP contribution in [0.25, 0.3) is 0 Å². The molecule has 2 rings (SSSR count). The van der Waals surface area contributed by atoms with Gasteiger partial charge in [0.2, 0.25) is 0 Å². The van der Waals surface area contributed by atoms with Gasteiger partial charge >= 0.3 is 0 Å². The van der Waals surface area contributed by atoms with Gasteiger partial charge in [-0.25, -0.2) is 12.8 Å². The Labute approximate surface area is 116 Å². The second-order valence-electron chi connectivity index (χ2n) is 3.97. The molecule has 2 aromatic rings. The average Bonchev–Trinajstić information content (AvgIpc) is 2.46. The first-order valence-electron chi connectivity index (χ1n) is 5.55. The number of rotatable bonds is 3. The lowest BCUT2D eigenvalue weighted by molar-refractivity contribution is 0.587. The molecule has 0 bridgehead atoms. The average molecular weight is 291 g/mol. The zero-order valence-corrected chi connectivity index (χ0v) is 11.3. The molecule has 0 fully saturated rings. The van der Waals surface area contributed by atoms with Crippen molar-refractivity contribution >= 4 is 15.7 Å². The minimum atomic E-state index is -3.92. The number of hydrogen-bond acceptors (Lipinski definition) is 4. The molecule has 1 heterocycles. The summed E-state index contributed by atoms with van der Waals surface area (Å²) < 4.78 is 38.7. The monoisotopic (exact) mass is 291 g/mol. The van der Waals surface area contributed by atoms with Crippen molar-refractivity contribution in [1.29, 1.82) is 5.26 Å². The van der Waals surface area contributed by atoms with Crippen LogP contribution in [0.3, 0.4) is 0 Å².